The molecule has 3 N–H and O–H groups in total. The Labute approximate surface area is 112 Å². The van der Waals surface area contributed by atoms with Crippen LogP contribution in [0.1, 0.15) is 20.8 Å². The van der Waals surface area contributed by atoms with Crippen LogP contribution in [0, 0.1) is 0 Å². The predicted molar refractivity (Wildman–Crippen MR) is 77.5 cm³/mol. The molecule has 0 atom stereocenters. The molecule has 0 heterocycles. The van der Waals surface area contributed by atoms with Crippen molar-refractivity contribution < 1.29 is 9.90 Å². The van der Waals surface area contributed by atoms with Gasteiger partial charge in [-0.05, 0) is 32.9 Å². The van der Waals surface area contributed by atoms with E-state index in [-0.39, 0.29) is 17.3 Å². The van der Waals surface area contributed by atoms with Crippen molar-refractivity contribution in [2.45, 2.75) is 26.3 Å². The Morgan fingerprint density at radius 2 is 1.68 bits per heavy atom. The number of rotatable bonds is 1. The first-order valence-corrected chi connectivity index (χ1v) is 6.17. The van der Waals surface area contributed by atoms with Gasteiger partial charge >= 0.3 is 6.03 Å². The highest BCUT2D eigenvalue weighted by Crippen LogP contribution is 2.29. The smallest absolute Gasteiger partial charge is 0.319 e. The highest BCUT2D eigenvalue weighted by atomic mass is 16.3. The molecule has 0 spiro atoms. The van der Waals surface area contributed by atoms with Gasteiger partial charge in [0.2, 0.25) is 0 Å². The summed E-state index contributed by atoms with van der Waals surface area (Å²) >= 11 is 0. The number of fused-ring (bicyclic) bond motifs is 1. The van der Waals surface area contributed by atoms with Crippen LogP contribution >= 0.6 is 0 Å². The second-order valence-electron chi connectivity index (χ2n) is 5.51. The van der Waals surface area contributed by atoms with Gasteiger partial charge in [-0.25, -0.2) is 4.79 Å². The Bertz CT molecular complexity index is 615. The van der Waals surface area contributed by atoms with Gasteiger partial charge < -0.3 is 15.7 Å². The lowest BCUT2D eigenvalue weighted by atomic mass is 10.1. The van der Waals surface area contributed by atoms with Crippen LogP contribution in [0.25, 0.3) is 10.8 Å². The van der Waals surface area contributed by atoms with E-state index in [4.69, 9.17) is 0 Å². The number of hydrogen-bond acceptors (Lipinski definition) is 2. The molecule has 4 heteroatoms. The maximum atomic E-state index is 11.9. The van der Waals surface area contributed by atoms with Crippen LogP contribution in [0.15, 0.2) is 36.4 Å². The summed E-state index contributed by atoms with van der Waals surface area (Å²) in [6.45, 7) is 5.75. The number of anilines is 1. The molecule has 2 aromatic rings. The van der Waals surface area contributed by atoms with Crippen molar-refractivity contribution in [1.82, 2.24) is 5.32 Å². The molecule has 0 fully saturated rings. The number of carbonyl (C=O) groups excluding carboxylic acids is 1. The van der Waals surface area contributed by atoms with Crippen LogP contribution in [0.3, 0.4) is 0 Å². The first-order chi connectivity index (χ1) is 8.87. The third kappa shape index (κ3) is 3.16. The number of amides is 2. The van der Waals surface area contributed by atoms with Crippen LogP contribution in [0.2, 0.25) is 0 Å². The van der Waals surface area contributed by atoms with E-state index in [2.05, 4.69) is 10.6 Å². The van der Waals surface area contributed by atoms with E-state index in [1.807, 2.05) is 39.0 Å². The van der Waals surface area contributed by atoms with Gasteiger partial charge in [0.15, 0.2) is 0 Å². The molecule has 0 aliphatic carbocycles. The molecule has 0 bridgehead atoms. The van der Waals surface area contributed by atoms with E-state index in [9.17, 15) is 9.90 Å². The Hall–Kier alpha value is -2.23. The summed E-state index contributed by atoms with van der Waals surface area (Å²) in [6, 6.07) is 10.4. The third-order valence-electron chi connectivity index (χ3n) is 2.64. The minimum atomic E-state index is -0.295. The number of hydrogen-bond donors (Lipinski definition) is 3. The maximum Gasteiger partial charge on any atom is 0.319 e. The quantitative estimate of drug-likeness (QED) is 0.733. The minimum absolute atomic E-state index is 0.206. The van der Waals surface area contributed by atoms with E-state index in [1.165, 1.54) is 0 Å². The van der Waals surface area contributed by atoms with Gasteiger partial charge in [0.25, 0.3) is 0 Å². The summed E-state index contributed by atoms with van der Waals surface area (Å²) in [5, 5.41) is 17.0. The van der Waals surface area contributed by atoms with Crippen LogP contribution in [0.5, 0.6) is 5.75 Å². The predicted octanol–water partition coefficient (Wildman–Crippen LogP) is 3.47. The number of phenolic OH excluding ortho intramolecular Hbond substituents is 1. The Kier molecular flexibility index (Phi) is 3.34. The second kappa shape index (κ2) is 4.80. The van der Waals surface area contributed by atoms with Crippen molar-refractivity contribution in [2.75, 3.05) is 5.32 Å². The highest BCUT2D eigenvalue weighted by Gasteiger charge is 2.14. The molecule has 0 aromatic heterocycles. The number of phenols is 1. The summed E-state index contributed by atoms with van der Waals surface area (Å²) in [5.41, 5.74) is 0.381. The standard InChI is InChI=1S/C15H18N2O2/c1-15(2,3)17-14(19)16-12-8-4-7-11-10(12)6-5-9-13(11)18/h4-9,18H,1-3H3,(H2,16,17,19). The number of carbonyl (C=O) groups is 1. The molecular formula is C15H18N2O2. The fourth-order valence-corrected chi connectivity index (χ4v) is 1.90. The normalized spacial score (nSPS) is 11.3. The molecule has 0 unspecified atom stereocenters. The third-order valence-corrected chi connectivity index (χ3v) is 2.64. The van der Waals surface area contributed by atoms with E-state index >= 15 is 0 Å². The summed E-state index contributed by atoms with van der Waals surface area (Å²) in [4.78, 5) is 11.9. The molecule has 2 rings (SSSR count). The van der Waals surface area contributed by atoms with Crippen LogP contribution < -0.4 is 10.6 Å². The monoisotopic (exact) mass is 258 g/mol. The van der Waals surface area contributed by atoms with Gasteiger partial charge in [-0.2, -0.15) is 0 Å². The van der Waals surface area contributed by atoms with Gasteiger partial charge in [0.05, 0.1) is 5.69 Å². The molecule has 0 radical (unpaired) electrons. The van der Waals surface area contributed by atoms with E-state index in [1.54, 1.807) is 18.2 Å². The number of urea groups is 1. The average molecular weight is 258 g/mol. The minimum Gasteiger partial charge on any atom is -0.507 e. The average Bonchev–Trinajstić information content (AvgIpc) is 2.28. The lowest BCUT2D eigenvalue weighted by molar-refractivity contribution is 0.244. The molecular weight excluding hydrogens is 240 g/mol. The first kappa shape index (κ1) is 13.2. The number of nitrogens with one attached hydrogen (secondary N) is 2. The van der Waals surface area contributed by atoms with Gasteiger partial charge in [-0.3, -0.25) is 0 Å². The largest absolute Gasteiger partial charge is 0.507 e. The van der Waals surface area contributed by atoms with Crippen LogP contribution in [-0.4, -0.2) is 16.7 Å². The number of aromatic hydroxyl groups is 1. The zero-order valence-electron chi connectivity index (χ0n) is 11.3. The van der Waals surface area contributed by atoms with Crippen LogP contribution in [0.4, 0.5) is 10.5 Å². The fourth-order valence-electron chi connectivity index (χ4n) is 1.90. The van der Waals surface area contributed by atoms with E-state index in [0.717, 1.165) is 10.8 Å². The van der Waals surface area contributed by atoms with Crippen molar-refractivity contribution in [1.29, 1.82) is 0 Å². The summed E-state index contributed by atoms with van der Waals surface area (Å²) in [7, 11) is 0. The molecule has 0 aliphatic heterocycles. The molecule has 4 nitrogen and oxygen atoms in total. The van der Waals surface area contributed by atoms with Crippen molar-refractivity contribution in [3.63, 3.8) is 0 Å². The summed E-state index contributed by atoms with van der Waals surface area (Å²) in [5.74, 6) is 0.206. The zero-order valence-corrected chi connectivity index (χ0v) is 11.3. The summed E-state index contributed by atoms with van der Waals surface area (Å²) in [6.07, 6.45) is 0. The van der Waals surface area contributed by atoms with Gasteiger partial charge in [0, 0.05) is 16.3 Å². The molecule has 19 heavy (non-hydrogen) atoms. The second-order valence-corrected chi connectivity index (χ2v) is 5.51. The molecule has 100 valence electrons. The molecule has 0 saturated carbocycles. The van der Waals surface area contributed by atoms with Crippen molar-refractivity contribution in [2.24, 2.45) is 0 Å². The van der Waals surface area contributed by atoms with Gasteiger partial charge in [-0.15, -0.1) is 0 Å². The maximum absolute atomic E-state index is 11.9. The Morgan fingerprint density at radius 1 is 1.05 bits per heavy atom. The van der Waals surface area contributed by atoms with Crippen molar-refractivity contribution in [3.05, 3.63) is 36.4 Å². The Balaban J connectivity index is 2.31. The lowest BCUT2D eigenvalue weighted by Crippen LogP contribution is -2.43. The van der Waals surface area contributed by atoms with Crippen molar-refractivity contribution in [3.8, 4) is 5.75 Å². The Morgan fingerprint density at radius 3 is 2.37 bits per heavy atom. The van der Waals surface area contributed by atoms with Crippen LogP contribution in [-0.2, 0) is 0 Å². The molecule has 2 amide bonds. The zero-order chi connectivity index (χ0) is 14.0. The summed E-state index contributed by atoms with van der Waals surface area (Å²) < 4.78 is 0. The molecule has 2 aromatic carbocycles. The number of benzene rings is 2. The van der Waals surface area contributed by atoms with Gasteiger partial charge in [-0.1, -0.05) is 24.3 Å². The molecule has 0 aliphatic rings. The lowest BCUT2D eigenvalue weighted by Gasteiger charge is -2.21. The fraction of sp³-hybridized carbons (Fsp3) is 0.267. The first-order valence-electron chi connectivity index (χ1n) is 6.17. The topological polar surface area (TPSA) is 61.4 Å². The van der Waals surface area contributed by atoms with Crippen molar-refractivity contribution >= 4 is 22.5 Å². The molecule has 0 saturated heterocycles. The van der Waals surface area contributed by atoms with Gasteiger partial charge in [0.1, 0.15) is 5.75 Å². The highest BCUT2D eigenvalue weighted by molar-refractivity contribution is 6.03. The van der Waals surface area contributed by atoms with E-state index in [0.29, 0.717) is 5.69 Å². The van der Waals surface area contributed by atoms with E-state index < -0.39 is 0 Å². The SMILES string of the molecule is CC(C)(C)NC(=O)Nc1cccc2c(O)cccc12.